The molecule has 0 aliphatic carbocycles. The molecule has 0 radical (unpaired) electrons. The Bertz CT molecular complexity index is 1010. The van der Waals surface area contributed by atoms with Crippen molar-refractivity contribution < 1.29 is 62.1 Å². The van der Waals surface area contributed by atoms with Crippen LogP contribution in [0.25, 0.3) is 0 Å². The fourth-order valence-corrected chi connectivity index (χ4v) is 5.74. The van der Waals surface area contributed by atoms with E-state index in [2.05, 4.69) is 10.6 Å². The Labute approximate surface area is 245 Å². The highest BCUT2D eigenvalue weighted by atomic mass is 16.9. The summed E-state index contributed by atoms with van der Waals surface area (Å²) in [7, 11) is 2.89. The van der Waals surface area contributed by atoms with Gasteiger partial charge in [0.05, 0.1) is 5.92 Å². The number of aliphatic carboxylic acids is 1. The standard InChI is InChI=1S/C27H44N2O13/c1-25(2,3)42-24(33)29-10-12(14-16(34-8)18-22(36-14)40-26(4,5)38-18)20(30)28-11-13(21(31)32)15-17(35-9)19-23(37-15)41-27(6,7)39-19/h12-19,22-23H,10-11H2,1-9H3,(H,28,30)(H,29,33)(H,31,32)/t12-,13+,14+,15+,16-,17-,18+,19+,22+,23+/m0/s1. The number of nitrogens with one attached hydrogen (secondary N) is 2. The van der Waals surface area contributed by atoms with Crippen molar-refractivity contribution in [3.63, 3.8) is 0 Å². The molecule has 0 saturated carbocycles. The molecule has 15 nitrogen and oxygen atoms in total. The Balaban J connectivity index is 1.48. The summed E-state index contributed by atoms with van der Waals surface area (Å²) in [5, 5.41) is 15.4. The summed E-state index contributed by atoms with van der Waals surface area (Å²) in [6.45, 7) is 11.5. The summed E-state index contributed by atoms with van der Waals surface area (Å²) in [6, 6.07) is 0. The number of methoxy groups -OCH3 is 2. The fraction of sp³-hybridized carbons (Fsp3) is 0.889. The molecule has 0 aromatic rings. The number of rotatable bonds is 10. The lowest BCUT2D eigenvalue weighted by Crippen LogP contribution is -2.52. The highest BCUT2D eigenvalue weighted by molar-refractivity contribution is 5.81. The van der Waals surface area contributed by atoms with Gasteiger partial charge in [-0.1, -0.05) is 0 Å². The maximum atomic E-state index is 13.7. The third kappa shape index (κ3) is 7.16. The number of hydrogen-bond donors (Lipinski definition) is 3. The van der Waals surface area contributed by atoms with Crippen LogP contribution in [-0.4, -0.2) is 117 Å². The van der Waals surface area contributed by atoms with Crippen LogP contribution in [0.1, 0.15) is 48.5 Å². The number of amides is 2. The van der Waals surface area contributed by atoms with E-state index in [1.807, 2.05) is 0 Å². The van der Waals surface area contributed by atoms with Crippen molar-refractivity contribution in [2.45, 2.75) is 115 Å². The molecule has 10 atom stereocenters. The quantitative estimate of drug-likeness (QED) is 0.318. The number of fused-ring (bicyclic) bond motifs is 2. The molecule has 2 amide bonds. The van der Waals surface area contributed by atoms with Gasteiger partial charge in [0.15, 0.2) is 24.2 Å². The predicted octanol–water partition coefficient (Wildman–Crippen LogP) is 0.727. The van der Waals surface area contributed by atoms with Gasteiger partial charge < -0.3 is 58.4 Å². The minimum atomic E-state index is -1.21. The highest BCUT2D eigenvalue weighted by Crippen LogP contribution is 2.42. The SMILES string of the molecule is CO[C@@H]1[C@H]2OC(C)(C)O[C@H]2O[C@@H]1[C@H](CNC(=O)OC(C)(C)C)C(=O)NC[C@@H](C(=O)O)[C@H]1O[C@@H]2OC(C)(C)O[C@@H]2[C@H]1OC. The van der Waals surface area contributed by atoms with Crippen molar-refractivity contribution in [2.75, 3.05) is 27.3 Å². The molecule has 4 heterocycles. The van der Waals surface area contributed by atoms with Crippen LogP contribution in [0, 0.1) is 11.8 Å². The maximum Gasteiger partial charge on any atom is 0.407 e. The van der Waals surface area contributed by atoms with Crippen molar-refractivity contribution in [3.8, 4) is 0 Å². The van der Waals surface area contributed by atoms with E-state index in [4.69, 9.17) is 42.6 Å². The molecule has 15 heteroatoms. The van der Waals surface area contributed by atoms with Crippen LogP contribution < -0.4 is 10.6 Å². The van der Waals surface area contributed by atoms with Gasteiger partial charge in [0.25, 0.3) is 0 Å². The minimum absolute atomic E-state index is 0.201. The average Bonchev–Trinajstić information content (AvgIpc) is 3.52. The van der Waals surface area contributed by atoms with Gasteiger partial charge in [-0.15, -0.1) is 0 Å². The number of carboxylic acid groups (broad SMARTS) is 1. The molecule has 4 rings (SSSR count). The minimum Gasteiger partial charge on any atom is -0.481 e. The average molecular weight is 605 g/mol. The van der Waals surface area contributed by atoms with Crippen LogP contribution in [0.15, 0.2) is 0 Å². The molecule has 0 aromatic heterocycles. The van der Waals surface area contributed by atoms with Crippen molar-refractivity contribution in [3.05, 3.63) is 0 Å². The molecule has 0 bridgehead atoms. The number of hydrogen-bond acceptors (Lipinski definition) is 12. The third-order valence-corrected chi connectivity index (χ3v) is 7.41. The summed E-state index contributed by atoms with van der Waals surface area (Å²) in [6.07, 6.45) is -7.00. The first-order chi connectivity index (χ1) is 19.4. The van der Waals surface area contributed by atoms with Crippen LogP contribution in [0.5, 0.6) is 0 Å². The zero-order chi connectivity index (χ0) is 31.2. The molecule has 42 heavy (non-hydrogen) atoms. The van der Waals surface area contributed by atoms with E-state index in [0.29, 0.717) is 0 Å². The van der Waals surface area contributed by atoms with Gasteiger partial charge in [-0.2, -0.15) is 0 Å². The Morgan fingerprint density at radius 1 is 0.786 bits per heavy atom. The molecule has 0 unspecified atom stereocenters. The van der Waals surface area contributed by atoms with Crippen LogP contribution in [0.4, 0.5) is 4.79 Å². The number of carbonyl (C=O) groups excluding carboxylic acids is 2. The van der Waals surface area contributed by atoms with Crippen molar-refractivity contribution >= 4 is 18.0 Å². The van der Waals surface area contributed by atoms with Crippen molar-refractivity contribution in [1.29, 1.82) is 0 Å². The first kappa shape index (κ1) is 32.8. The van der Waals surface area contributed by atoms with Crippen LogP contribution in [0.2, 0.25) is 0 Å². The highest BCUT2D eigenvalue weighted by Gasteiger charge is 2.59. The molecule has 4 aliphatic rings. The monoisotopic (exact) mass is 604 g/mol. The Kier molecular flexibility index (Phi) is 9.46. The lowest BCUT2D eigenvalue weighted by Gasteiger charge is -2.31. The smallest absolute Gasteiger partial charge is 0.407 e. The second-order valence-corrected chi connectivity index (χ2v) is 12.7. The molecule has 4 aliphatic heterocycles. The van der Waals surface area contributed by atoms with E-state index in [1.165, 1.54) is 14.2 Å². The molecule has 0 spiro atoms. The first-order valence-electron chi connectivity index (χ1n) is 14.0. The summed E-state index contributed by atoms with van der Waals surface area (Å²) in [5.74, 6) is -5.89. The van der Waals surface area contributed by atoms with Gasteiger partial charge >= 0.3 is 12.1 Å². The predicted molar refractivity (Wildman–Crippen MR) is 141 cm³/mol. The molecule has 240 valence electrons. The summed E-state index contributed by atoms with van der Waals surface area (Å²) in [5.41, 5.74) is -0.764. The second kappa shape index (κ2) is 12.1. The lowest BCUT2D eigenvalue weighted by molar-refractivity contribution is -0.223. The number of alkyl carbamates (subject to hydrolysis) is 1. The Hall–Kier alpha value is -2.11. The van der Waals surface area contributed by atoms with Gasteiger partial charge in [0, 0.05) is 27.3 Å². The number of ether oxygens (including phenoxy) is 9. The molecule has 0 aromatic carbocycles. The second-order valence-electron chi connectivity index (χ2n) is 12.7. The van der Waals surface area contributed by atoms with Gasteiger partial charge in [-0.3, -0.25) is 9.59 Å². The zero-order valence-electron chi connectivity index (χ0n) is 25.5. The van der Waals surface area contributed by atoms with Gasteiger partial charge in [0.1, 0.15) is 48.1 Å². The normalized spacial score (nSPS) is 36.1. The van der Waals surface area contributed by atoms with Crippen LogP contribution in [-0.2, 0) is 52.2 Å². The van der Waals surface area contributed by atoms with E-state index in [9.17, 15) is 19.5 Å². The van der Waals surface area contributed by atoms with Gasteiger partial charge in [0.2, 0.25) is 5.91 Å². The topological polar surface area (TPSA) is 179 Å². The zero-order valence-corrected chi connectivity index (χ0v) is 25.5. The van der Waals surface area contributed by atoms with Crippen molar-refractivity contribution in [1.82, 2.24) is 10.6 Å². The number of carbonyl (C=O) groups is 3. The third-order valence-electron chi connectivity index (χ3n) is 7.41. The fourth-order valence-electron chi connectivity index (χ4n) is 5.74. The summed E-state index contributed by atoms with van der Waals surface area (Å²) in [4.78, 5) is 38.5. The summed E-state index contributed by atoms with van der Waals surface area (Å²) < 4.78 is 51.9. The van der Waals surface area contributed by atoms with Crippen molar-refractivity contribution in [2.24, 2.45) is 11.8 Å². The van der Waals surface area contributed by atoms with E-state index in [0.717, 1.165) is 0 Å². The Morgan fingerprint density at radius 3 is 1.67 bits per heavy atom. The van der Waals surface area contributed by atoms with Crippen LogP contribution in [0.3, 0.4) is 0 Å². The summed E-state index contributed by atoms with van der Waals surface area (Å²) >= 11 is 0. The largest absolute Gasteiger partial charge is 0.481 e. The molecular formula is C27H44N2O13. The van der Waals surface area contributed by atoms with E-state index >= 15 is 0 Å². The van der Waals surface area contributed by atoms with Gasteiger partial charge in [-0.05, 0) is 48.5 Å². The molecule has 4 saturated heterocycles. The van der Waals surface area contributed by atoms with E-state index in [-0.39, 0.29) is 13.1 Å². The van der Waals surface area contributed by atoms with E-state index < -0.39 is 96.2 Å². The van der Waals surface area contributed by atoms with Gasteiger partial charge in [-0.25, -0.2) is 4.79 Å². The first-order valence-corrected chi connectivity index (χ1v) is 14.0. The molecule has 3 N–H and O–H groups in total. The van der Waals surface area contributed by atoms with Crippen LogP contribution >= 0.6 is 0 Å². The lowest BCUT2D eigenvalue weighted by atomic mass is 9.93. The number of carboxylic acids is 1. The molecule has 4 fully saturated rings. The van der Waals surface area contributed by atoms with E-state index in [1.54, 1.807) is 48.5 Å². The maximum absolute atomic E-state index is 13.7. The Morgan fingerprint density at radius 2 is 1.24 bits per heavy atom. The molecular weight excluding hydrogens is 560 g/mol.